The van der Waals surface area contributed by atoms with Crippen molar-refractivity contribution in [3.63, 3.8) is 0 Å². The van der Waals surface area contributed by atoms with E-state index in [1.165, 1.54) is 5.56 Å². The number of hydrogen-bond acceptors (Lipinski definition) is 2. The molecule has 3 nitrogen and oxygen atoms in total. The van der Waals surface area contributed by atoms with Gasteiger partial charge in [0, 0.05) is 12.5 Å². The molecule has 0 aromatic heterocycles. The lowest BCUT2D eigenvalue weighted by molar-refractivity contribution is -0.119. The van der Waals surface area contributed by atoms with Crippen molar-refractivity contribution in [2.45, 2.75) is 25.4 Å². The van der Waals surface area contributed by atoms with Gasteiger partial charge in [0.05, 0.1) is 6.04 Å². The van der Waals surface area contributed by atoms with Crippen molar-refractivity contribution in [1.29, 1.82) is 0 Å². The zero-order chi connectivity index (χ0) is 10.1. The van der Waals surface area contributed by atoms with E-state index < -0.39 is 0 Å². The number of aryl methyl sites for hydroxylation is 1. The molecule has 2 atom stereocenters. The van der Waals surface area contributed by atoms with Gasteiger partial charge in [0.25, 0.3) is 0 Å². The van der Waals surface area contributed by atoms with Gasteiger partial charge in [0.15, 0.2) is 0 Å². The third-order valence-electron chi connectivity index (χ3n) is 2.57. The number of amides is 1. The molecular weight excluding hydrogens is 176 g/mol. The molecule has 0 aliphatic carbocycles. The van der Waals surface area contributed by atoms with E-state index in [0.717, 1.165) is 5.56 Å². The van der Waals surface area contributed by atoms with Crippen molar-refractivity contribution < 1.29 is 4.79 Å². The summed E-state index contributed by atoms with van der Waals surface area (Å²) < 4.78 is 0. The highest BCUT2D eigenvalue weighted by Crippen LogP contribution is 2.23. The van der Waals surface area contributed by atoms with Gasteiger partial charge in [-0.3, -0.25) is 4.79 Å². The summed E-state index contributed by atoms with van der Waals surface area (Å²) in [7, 11) is 0. The van der Waals surface area contributed by atoms with Crippen molar-refractivity contribution in [1.82, 2.24) is 5.32 Å². The van der Waals surface area contributed by atoms with E-state index in [2.05, 4.69) is 11.4 Å². The second-order valence-electron chi connectivity index (χ2n) is 3.83. The van der Waals surface area contributed by atoms with Crippen LogP contribution >= 0.6 is 0 Å². The predicted octanol–water partition coefficient (Wildman–Crippen LogP) is 0.883. The Morgan fingerprint density at radius 1 is 1.50 bits per heavy atom. The maximum absolute atomic E-state index is 11.1. The number of carbonyl (C=O) groups is 1. The van der Waals surface area contributed by atoms with E-state index in [1.807, 2.05) is 25.1 Å². The molecule has 2 unspecified atom stereocenters. The summed E-state index contributed by atoms with van der Waals surface area (Å²) in [5.74, 6) is 0.0454. The molecule has 1 aromatic carbocycles. The zero-order valence-corrected chi connectivity index (χ0v) is 8.16. The van der Waals surface area contributed by atoms with Gasteiger partial charge >= 0.3 is 0 Å². The molecular formula is C11H14N2O. The van der Waals surface area contributed by atoms with Gasteiger partial charge in [-0.05, 0) is 12.5 Å². The third kappa shape index (κ3) is 1.63. The highest BCUT2D eigenvalue weighted by molar-refractivity contribution is 5.80. The van der Waals surface area contributed by atoms with E-state index in [0.29, 0.717) is 6.42 Å². The molecule has 74 valence electrons. The number of nitrogens with two attached hydrogens (primary N) is 1. The molecule has 0 radical (unpaired) electrons. The fraction of sp³-hybridized carbons (Fsp3) is 0.364. The fourth-order valence-corrected chi connectivity index (χ4v) is 1.87. The monoisotopic (exact) mass is 190 g/mol. The molecule has 3 heteroatoms. The van der Waals surface area contributed by atoms with E-state index in [-0.39, 0.29) is 18.0 Å². The number of rotatable bonds is 1. The van der Waals surface area contributed by atoms with Crippen LogP contribution in [0.15, 0.2) is 24.3 Å². The molecule has 1 aliphatic heterocycles. The molecule has 1 aliphatic rings. The summed E-state index contributed by atoms with van der Waals surface area (Å²) in [4.78, 5) is 11.1. The lowest BCUT2D eigenvalue weighted by Gasteiger charge is -2.15. The highest BCUT2D eigenvalue weighted by atomic mass is 16.2. The van der Waals surface area contributed by atoms with Crippen LogP contribution in [-0.2, 0) is 4.79 Å². The normalized spacial score (nSPS) is 26.3. The summed E-state index contributed by atoms with van der Waals surface area (Å²) in [6, 6.07) is 7.99. The molecule has 0 saturated carbocycles. The fourth-order valence-electron chi connectivity index (χ4n) is 1.87. The molecule has 0 bridgehead atoms. The van der Waals surface area contributed by atoms with Crippen molar-refractivity contribution in [3.8, 4) is 0 Å². The Labute approximate surface area is 83.3 Å². The van der Waals surface area contributed by atoms with E-state index in [9.17, 15) is 4.79 Å². The van der Waals surface area contributed by atoms with E-state index in [4.69, 9.17) is 5.73 Å². The summed E-state index contributed by atoms with van der Waals surface area (Å²) in [5.41, 5.74) is 8.16. The molecule has 1 heterocycles. The second kappa shape index (κ2) is 3.42. The molecule has 3 N–H and O–H groups in total. The smallest absolute Gasteiger partial charge is 0.222 e. The largest absolute Gasteiger partial charge is 0.348 e. The van der Waals surface area contributed by atoms with Crippen LogP contribution in [-0.4, -0.2) is 11.9 Å². The molecule has 1 amide bonds. The van der Waals surface area contributed by atoms with Crippen LogP contribution in [0.4, 0.5) is 0 Å². The molecule has 1 aromatic rings. The Kier molecular flexibility index (Phi) is 2.25. The van der Waals surface area contributed by atoms with Crippen LogP contribution in [0.25, 0.3) is 0 Å². The van der Waals surface area contributed by atoms with Gasteiger partial charge in [-0.25, -0.2) is 0 Å². The van der Waals surface area contributed by atoms with Crippen LogP contribution in [0.2, 0.25) is 0 Å². The first-order chi connectivity index (χ1) is 6.66. The average molecular weight is 190 g/mol. The lowest BCUT2D eigenvalue weighted by Crippen LogP contribution is -2.28. The van der Waals surface area contributed by atoms with Crippen LogP contribution in [0.3, 0.4) is 0 Å². The van der Waals surface area contributed by atoms with Gasteiger partial charge in [-0.2, -0.15) is 0 Å². The number of carbonyl (C=O) groups excluding carboxylic acids is 1. The SMILES string of the molecule is Cc1cccc(C2NC(=O)CC2N)c1. The first-order valence-corrected chi connectivity index (χ1v) is 4.78. The van der Waals surface area contributed by atoms with Crippen LogP contribution in [0.1, 0.15) is 23.6 Å². The number of hydrogen-bond donors (Lipinski definition) is 2. The first-order valence-electron chi connectivity index (χ1n) is 4.78. The van der Waals surface area contributed by atoms with Gasteiger partial charge < -0.3 is 11.1 Å². The minimum Gasteiger partial charge on any atom is -0.348 e. The lowest BCUT2D eigenvalue weighted by atomic mass is 10.00. The number of nitrogens with one attached hydrogen (secondary N) is 1. The van der Waals surface area contributed by atoms with Gasteiger partial charge in [0.2, 0.25) is 5.91 Å². The van der Waals surface area contributed by atoms with Crippen LogP contribution < -0.4 is 11.1 Å². The minimum atomic E-state index is -0.0932. The molecule has 0 spiro atoms. The molecule has 1 saturated heterocycles. The van der Waals surface area contributed by atoms with Crippen LogP contribution in [0, 0.1) is 6.92 Å². The Bertz CT molecular complexity index is 362. The first kappa shape index (κ1) is 9.21. The Morgan fingerprint density at radius 2 is 2.29 bits per heavy atom. The topological polar surface area (TPSA) is 55.1 Å². The Balaban J connectivity index is 2.27. The molecule has 1 fully saturated rings. The van der Waals surface area contributed by atoms with Crippen molar-refractivity contribution in [3.05, 3.63) is 35.4 Å². The molecule has 14 heavy (non-hydrogen) atoms. The van der Waals surface area contributed by atoms with E-state index in [1.54, 1.807) is 0 Å². The van der Waals surface area contributed by atoms with E-state index >= 15 is 0 Å². The van der Waals surface area contributed by atoms with Gasteiger partial charge in [-0.1, -0.05) is 29.8 Å². The summed E-state index contributed by atoms with van der Waals surface area (Å²) in [6.07, 6.45) is 0.429. The third-order valence-corrected chi connectivity index (χ3v) is 2.57. The average Bonchev–Trinajstić information content (AvgIpc) is 2.45. The minimum absolute atomic E-state index is 0.0117. The highest BCUT2D eigenvalue weighted by Gasteiger charge is 2.30. The Morgan fingerprint density at radius 3 is 2.86 bits per heavy atom. The van der Waals surface area contributed by atoms with Crippen LogP contribution in [0.5, 0.6) is 0 Å². The predicted molar refractivity (Wildman–Crippen MR) is 54.7 cm³/mol. The number of benzene rings is 1. The quantitative estimate of drug-likeness (QED) is 0.690. The van der Waals surface area contributed by atoms with Crippen molar-refractivity contribution in [2.75, 3.05) is 0 Å². The summed E-state index contributed by atoms with van der Waals surface area (Å²) in [5, 5.41) is 2.88. The summed E-state index contributed by atoms with van der Waals surface area (Å²) in [6.45, 7) is 2.03. The maximum Gasteiger partial charge on any atom is 0.222 e. The summed E-state index contributed by atoms with van der Waals surface area (Å²) >= 11 is 0. The van der Waals surface area contributed by atoms with Crippen molar-refractivity contribution in [2.24, 2.45) is 5.73 Å². The van der Waals surface area contributed by atoms with Crippen molar-refractivity contribution >= 4 is 5.91 Å². The maximum atomic E-state index is 11.1. The second-order valence-corrected chi connectivity index (χ2v) is 3.83. The standard InChI is InChI=1S/C11H14N2O/c1-7-3-2-4-8(5-7)11-9(12)6-10(14)13-11/h2-5,9,11H,6,12H2,1H3,(H,13,14). The van der Waals surface area contributed by atoms with Gasteiger partial charge in [-0.15, -0.1) is 0 Å². The Hall–Kier alpha value is -1.35. The zero-order valence-electron chi connectivity index (χ0n) is 8.16. The molecule has 2 rings (SSSR count). The van der Waals surface area contributed by atoms with Gasteiger partial charge in [0.1, 0.15) is 0 Å².